The van der Waals surface area contributed by atoms with Crippen LogP contribution in [0.5, 0.6) is 0 Å². The van der Waals surface area contributed by atoms with Crippen molar-refractivity contribution in [2.24, 2.45) is 0 Å². The standard InChI is InChI=1S/C16H18F3N5/c1-9-14(21-10(2)20-9)7-24(3)8-15-22-12-5-4-11(16(17,18)19)6-13(12)23-15/h4-6H,7-8H2,1-3H3,(H,20,21)(H,22,23). The van der Waals surface area contributed by atoms with Crippen LogP contribution in [-0.2, 0) is 19.3 Å². The van der Waals surface area contributed by atoms with E-state index in [9.17, 15) is 13.2 Å². The van der Waals surface area contributed by atoms with Crippen LogP contribution < -0.4 is 0 Å². The minimum absolute atomic E-state index is 0.389. The number of fused-ring (bicyclic) bond motifs is 1. The molecule has 3 aromatic rings. The van der Waals surface area contributed by atoms with Crippen molar-refractivity contribution in [3.8, 4) is 0 Å². The summed E-state index contributed by atoms with van der Waals surface area (Å²) in [6.45, 7) is 4.97. The lowest BCUT2D eigenvalue weighted by atomic mass is 10.2. The summed E-state index contributed by atoms with van der Waals surface area (Å²) in [6, 6.07) is 3.53. The molecule has 1 aromatic carbocycles. The van der Waals surface area contributed by atoms with Gasteiger partial charge in [-0.25, -0.2) is 9.97 Å². The van der Waals surface area contributed by atoms with Gasteiger partial charge in [0.1, 0.15) is 11.6 Å². The molecule has 24 heavy (non-hydrogen) atoms. The van der Waals surface area contributed by atoms with Gasteiger partial charge in [0.2, 0.25) is 0 Å². The van der Waals surface area contributed by atoms with E-state index in [2.05, 4.69) is 19.9 Å². The van der Waals surface area contributed by atoms with Gasteiger partial charge in [0.15, 0.2) is 0 Å². The normalized spacial score (nSPS) is 12.5. The first-order valence-corrected chi connectivity index (χ1v) is 7.49. The zero-order valence-electron chi connectivity index (χ0n) is 13.6. The Kier molecular flexibility index (Phi) is 4.08. The molecule has 0 aliphatic rings. The second-order valence-corrected chi connectivity index (χ2v) is 5.98. The summed E-state index contributed by atoms with van der Waals surface area (Å²) in [5.74, 6) is 1.48. The SMILES string of the molecule is Cc1nc(CN(C)Cc2nc3ccc(C(F)(F)F)cc3[nH]2)c(C)[nH]1. The fourth-order valence-electron chi connectivity index (χ4n) is 2.69. The van der Waals surface area contributed by atoms with Gasteiger partial charge in [-0.1, -0.05) is 0 Å². The van der Waals surface area contributed by atoms with Crippen LogP contribution in [0.1, 0.15) is 28.6 Å². The Morgan fingerprint density at radius 2 is 1.83 bits per heavy atom. The van der Waals surface area contributed by atoms with Crippen LogP contribution in [0.2, 0.25) is 0 Å². The number of nitrogens with zero attached hydrogens (tertiary/aromatic N) is 3. The van der Waals surface area contributed by atoms with Gasteiger partial charge in [0, 0.05) is 12.2 Å². The van der Waals surface area contributed by atoms with Crippen LogP contribution in [0.3, 0.4) is 0 Å². The Morgan fingerprint density at radius 1 is 1.08 bits per heavy atom. The number of aryl methyl sites for hydroxylation is 2. The molecule has 0 atom stereocenters. The molecule has 0 bridgehead atoms. The Labute approximate surface area is 136 Å². The van der Waals surface area contributed by atoms with Gasteiger partial charge >= 0.3 is 6.18 Å². The number of benzene rings is 1. The van der Waals surface area contributed by atoms with Crippen molar-refractivity contribution >= 4 is 11.0 Å². The highest BCUT2D eigenvalue weighted by Crippen LogP contribution is 2.30. The van der Waals surface area contributed by atoms with E-state index in [1.54, 1.807) is 0 Å². The lowest BCUT2D eigenvalue weighted by molar-refractivity contribution is -0.137. The van der Waals surface area contributed by atoms with Crippen LogP contribution >= 0.6 is 0 Å². The van der Waals surface area contributed by atoms with E-state index in [1.165, 1.54) is 6.07 Å². The molecule has 2 aromatic heterocycles. The molecule has 0 spiro atoms. The van der Waals surface area contributed by atoms with E-state index in [1.807, 2.05) is 25.8 Å². The van der Waals surface area contributed by atoms with Gasteiger partial charge in [-0.05, 0) is 39.1 Å². The zero-order valence-corrected chi connectivity index (χ0v) is 13.6. The molecule has 0 radical (unpaired) electrons. The van der Waals surface area contributed by atoms with Crippen LogP contribution in [0.25, 0.3) is 11.0 Å². The number of rotatable bonds is 4. The number of aromatic amines is 2. The number of nitrogens with one attached hydrogen (secondary N) is 2. The maximum Gasteiger partial charge on any atom is 0.416 e. The quantitative estimate of drug-likeness (QED) is 0.765. The van der Waals surface area contributed by atoms with Crippen molar-refractivity contribution in [3.05, 3.63) is 46.8 Å². The molecule has 2 heterocycles. The molecule has 0 aliphatic carbocycles. The van der Waals surface area contributed by atoms with Gasteiger partial charge in [-0.15, -0.1) is 0 Å². The topological polar surface area (TPSA) is 60.6 Å². The van der Waals surface area contributed by atoms with E-state index in [0.29, 0.717) is 29.9 Å². The number of hydrogen-bond acceptors (Lipinski definition) is 3. The van der Waals surface area contributed by atoms with Crippen molar-refractivity contribution in [2.45, 2.75) is 33.1 Å². The first-order chi connectivity index (χ1) is 11.2. The second kappa shape index (κ2) is 5.94. The molecule has 8 heteroatoms. The molecular formula is C16H18F3N5. The number of hydrogen-bond donors (Lipinski definition) is 2. The van der Waals surface area contributed by atoms with E-state index < -0.39 is 11.7 Å². The molecule has 5 nitrogen and oxygen atoms in total. The van der Waals surface area contributed by atoms with E-state index in [4.69, 9.17) is 0 Å². The number of halogens is 3. The largest absolute Gasteiger partial charge is 0.416 e. The fourth-order valence-corrected chi connectivity index (χ4v) is 2.69. The first kappa shape index (κ1) is 16.5. The predicted molar refractivity (Wildman–Crippen MR) is 84.3 cm³/mol. The number of H-pyrrole nitrogens is 2. The number of alkyl halides is 3. The number of aromatic nitrogens is 4. The van der Waals surface area contributed by atoms with E-state index >= 15 is 0 Å². The average molecular weight is 337 g/mol. The highest BCUT2D eigenvalue weighted by Gasteiger charge is 2.30. The lowest BCUT2D eigenvalue weighted by Gasteiger charge is -2.13. The van der Waals surface area contributed by atoms with Crippen molar-refractivity contribution in [1.29, 1.82) is 0 Å². The zero-order chi connectivity index (χ0) is 17.5. The Hall–Kier alpha value is -2.35. The van der Waals surface area contributed by atoms with Crippen LogP contribution in [-0.4, -0.2) is 31.9 Å². The minimum Gasteiger partial charge on any atom is -0.346 e. The Balaban J connectivity index is 1.76. The third-order valence-corrected chi connectivity index (χ3v) is 3.80. The van der Waals surface area contributed by atoms with Crippen molar-refractivity contribution in [1.82, 2.24) is 24.8 Å². The average Bonchev–Trinajstić information content (AvgIpc) is 2.99. The monoisotopic (exact) mass is 337 g/mol. The Morgan fingerprint density at radius 3 is 2.46 bits per heavy atom. The van der Waals surface area contributed by atoms with Gasteiger partial charge in [-0.2, -0.15) is 13.2 Å². The number of imidazole rings is 2. The van der Waals surface area contributed by atoms with Crippen LogP contribution in [0, 0.1) is 13.8 Å². The smallest absolute Gasteiger partial charge is 0.346 e. The van der Waals surface area contributed by atoms with Crippen LogP contribution in [0.4, 0.5) is 13.2 Å². The van der Waals surface area contributed by atoms with Gasteiger partial charge in [-0.3, -0.25) is 4.90 Å². The summed E-state index contributed by atoms with van der Waals surface area (Å²) in [4.78, 5) is 16.9. The van der Waals surface area contributed by atoms with Crippen molar-refractivity contribution in [3.63, 3.8) is 0 Å². The van der Waals surface area contributed by atoms with Gasteiger partial charge in [0.05, 0.1) is 28.8 Å². The summed E-state index contributed by atoms with van der Waals surface area (Å²) in [7, 11) is 1.91. The molecule has 128 valence electrons. The third-order valence-electron chi connectivity index (χ3n) is 3.80. The molecule has 0 saturated heterocycles. The molecule has 0 fully saturated rings. The second-order valence-electron chi connectivity index (χ2n) is 5.98. The maximum atomic E-state index is 12.8. The van der Waals surface area contributed by atoms with Crippen molar-refractivity contribution in [2.75, 3.05) is 7.05 Å². The summed E-state index contributed by atoms with van der Waals surface area (Å²) >= 11 is 0. The summed E-state index contributed by atoms with van der Waals surface area (Å²) in [5.41, 5.74) is 2.20. The summed E-state index contributed by atoms with van der Waals surface area (Å²) in [6.07, 6.45) is -4.36. The highest BCUT2D eigenvalue weighted by atomic mass is 19.4. The minimum atomic E-state index is -4.36. The summed E-state index contributed by atoms with van der Waals surface area (Å²) in [5, 5.41) is 0. The molecule has 2 N–H and O–H groups in total. The van der Waals surface area contributed by atoms with E-state index in [0.717, 1.165) is 29.3 Å². The molecule has 0 aliphatic heterocycles. The highest BCUT2D eigenvalue weighted by molar-refractivity contribution is 5.76. The maximum absolute atomic E-state index is 12.8. The Bertz CT molecular complexity index is 862. The molecular weight excluding hydrogens is 319 g/mol. The molecule has 0 saturated carbocycles. The van der Waals surface area contributed by atoms with Gasteiger partial charge in [0.25, 0.3) is 0 Å². The lowest BCUT2D eigenvalue weighted by Crippen LogP contribution is -2.18. The van der Waals surface area contributed by atoms with E-state index in [-0.39, 0.29) is 0 Å². The third kappa shape index (κ3) is 3.43. The van der Waals surface area contributed by atoms with Gasteiger partial charge < -0.3 is 9.97 Å². The van der Waals surface area contributed by atoms with Crippen molar-refractivity contribution < 1.29 is 13.2 Å². The first-order valence-electron chi connectivity index (χ1n) is 7.49. The molecule has 3 rings (SSSR count). The predicted octanol–water partition coefficient (Wildman–Crippen LogP) is 3.55. The molecule has 0 amide bonds. The molecule has 0 unspecified atom stereocenters. The summed E-state index contributed by atoms with van der Waals surface area (Å²) < 4.78 is 38.3. The fraction of sp³-hybridized carbons (Fsp3) is 0.375. The van der Waals surface area contributed by atoms with Crippen LogP contribution in [0.15, 0.2) is 18.2 Å².